The van der Waals surface area contributed by atoms with Crippen LogP contribution >= 0.6 is 11.3 Å². The van der Waals surface area contributed by atoms with E-state index in [1.165, 1.54) is 18.3 Å². The molecule has 1 aromatic carbocycles. The van der Waals surface area contributed by atoms with Crippen molar-refractivity contribution in [3.05, 3.63) is 54.2 Å². The SMILES string of the molecule is CCNC(=O)Nc1nc2cc(-c3cnc(C(C)OF)nc3)cc(-c3cc(CN4CCOCC4C)ccn3)c2s1. The lowest BCUT2D eigenvalue weighted by molar-refractivity contribution is -0.177. The second kappa shape index (κ2) is 12.1. The fraction of sp³-hybridized carbons (Fsp3) is 0.370. The molecule has 1 aliphatic heterocycles. The minimum absolute atomic E-state index is 0.247. The van der Waals surface area contributed by atoms with E-state index < -0.39 is 6.10 Å². The number of carbonyl (C=O) groups excluding carboxylic acids is 1. The lowest BCUT2D eigenvalue weighted by Gasteiger charge is -2.33. The quantitative estimate of drug-likeness (QED) is 0.309. The normalized spacial score (nSPS) is 16.8. The van der Waals surface area contributed by atoms with Crippen LogP contribution < -0.4 is 10.6 Å². The molecule has 1 saturated heterocycles. The van der Waals surface area contributed by atoms with Crippen LogP contribution in [0.15, 0.2) is 42.9 Å². The minimum Gasteiger partial charge on any atom is -0.379 e. The molecule has 0 saturated carbocycles. The molecule has 1 aliphatic rings. The Morgan fingerprint density at radius 1 is 1.26 bits per heavy atom. The number of aromatic nitrogens is 4. The Morgan fingerprint density at radius 3 is 2.82 bits per heavy atom. The van der Waals surface area contributed by atoms with E-state index in [9.17, 15) is 9.32 Å². The summed E-state index contributed by atoms with van der Waals surface area (Å²) in [5.41, 5.74) is 5.08. The molecule has 2 amide bonds. The molecule has 0 bridgehead atoms. The summed E-state index contributed by atoms with van der Waals surface area (Å²) in [5, 5.41) is 6.02. The highest BCUT2D eigenvalue weighted by molar-refractivity contribution is 7.22. The van der Waals surface area contributed by atoms with Gasteiger partial charge in [0.05, 0.1) is 29.1 Å². The first-order valence-corrected chi connectivity index (χ1v) is 13.6. The summed E-state index contributed by atoms with van der Waals surface area (Å²) in [6.45, 7) is 9.18. The highest BCUT2D eigenvalue weighted by Gasteiger charge is 2.20. The molecule has 0 spiro atoms. The number of urea groups is 1. The van der Waals surface area contributed by atoms with Crippen LogP contribution in [0.2, 0.25) is 0 Å². The van der Waals surface area contributed by atoms with Crippen LogP contribution in [0.25, 0.3) is 32.6 Å². The van der Waals surface area contributed by atoms with E-state index in [4.69, 9.17) is 9.72 Å². The average Bonchev–Trinajstić information content (AvgIpc) is 3.36. The first-order chi connectivity index (χ1) is 18.9. The molecular weight excluding hydrogens is 521 g/mol. The number of benzene rings is 1. The average molecular weight is 552 g/mol. The van der Waals surface area contributed by atoms with E-state index in [-0.39, 0.29) is 11.9 Å². The van der Waals surface area contributed by atoms with E-state index in [0.29, 0.717) is 23.2 Å². The van der Waals surface area contributed by atoms with Gasteiger partial charge >= 0.3 is 6.03 Å². The summed E-state index contributed by atoms with van der Waals surface area (Å²) in [4.78, 5) is 36.3. The molecule has 4 aromatic rings. The number of amides is 2. The van der Waals surface area contributed by atoms with Gasteiger partial charge in [0.25, 0.3) is 0 Å². The number of nitrogens with one attached hydrogen (secondary N) is 2. The zero-order valence-corrected chi connectivity index (χ0v) is 22.8. The van der Waals surface area contributed by atoms with Gasteiger partial charge in [0.2, 0.25) is 0 Å². The van der Waals surface area contributed by atoms with Crippen molar-refractivity contribution in [1.82, 2.24) is 30.2 Å². The van der Waals surface area contributed by atoms with Crippen molar-refractivity contribution >= 4 is 32.7 Å². The number of fused-ring (bicyclic) bond motifs is 1. The van der Waals surface area contributed by atoms with Crippen LogP contribution in [0.5, 0.6) is 0 Å². The fourth-order valence-electron chi connectivity index (χ4n) is 4.43. The highest BCUT2D eigenvalue weighted by atomic mass is 32.1. The summed E-state index contributed by atoms with van der Waals surface area (Å²) in [6, 6.07) is 8.09. The molecular formula is C27H30FN7O3S. The Labute approximate surface area is 229 Å². The number of anilines is 1. The summed E-state index contributed by atoms with van der Waals surface area (Å²) in [7, 11) is 0. The first-order valence-electron chi connectivity index (χ1n) is 12.8. The number of hydrogen-bond acceptors (Lipinski definition) is 9. The van der Waals surface area contributed by atoms with Crippen molar-refractivity contribution in [2.45, 2.75) is 39.5 Å². The van der Waals surface area contributed by atoms with Crippen molar-refractivity contribution in [3.8, 4) is 22.4 Å². The third-order valence-corrected chi connectivity index (χ3v) is 7.56. The smallest absolute Gasteiger partial charge is 0.321 e. The van der Waals surface area contributed by atoms with Gasteiger partial charge < -0.3 is 10.1 Å². The summed E-state index contributed by atoms with van der Waals surface area (Å²) < 4.78 is 19.1. The lowest BCUT2D eigenvalue weighted by Crippen LogP contribution is -2.42. The molecule has 5 rings (SSSR count). The summed E-state index contributed by atoms with van der Waals surface area (Å²) in [5.74, 6) is 0.247. The maximum atomic E-state index is 12.6. The Hall–Kier alpha value is -3.58. The predicted octanol–water partition coefficient (Wildman–Crippen LogP) is 5.14. The Balaban J connectivity index is 1.55. The highest BCUT2D eigenvalue weighted by Crippen LogP contribution is 2.38. The maximum absolute atomic E-state index is 12.6. The van der Waals surface area contributed by atoms with Gasteiger partial charge in [-0.1, -0.05) is 11.3 Å². The lowest BCUT2D eigenvalue weighted by atomic mass is 10.0. The molecule has 1 fully saturated rings. The molecule has 2 atom stereocenters. The van der Waals surface area contributed by atoms with Gasteiger partial charge in [-0.2, -0.15) is 4.94 Å². The van der Waals surface area contributed by atoms with Crippen LogP contribution in [0.1, 0.15) is 38.3 Å². The van der Waals surface area contributed by atoms with Crippen molar-refractivity contribution in [3.63, 3.8) is 0 Å². The molecule has 0 radical (unpaired) electrons. The predicted molar refractivity (Wildman–Crippen MR) is 148 cm³/mol. The van der Waals surface area contributed by atoms with Crippen molar-refractivity contribution in [2.75, 3.05) is 31.6 Å². The number of rotatable bonds is 8. The molecule has 12 heteroatoms. The molecule has 2 N–H and O–H groups in total. The van der Waals surface area contributed by atoms with Gasteiger partial charge in [0, 0.05) is 55.4 Å². The van der Waals surface area contributed by atoms with E-state index in [1.807, 2.05) is 31.3 Å². The number of carbonyl (C=O) groups is 1. The van der Waals surface area contributed by atoms with Gasteiger partial charge in [-0.15, -0.1) is 0 Å². The molecule has 10 nitrogen and oxygen atoms in total. The molecule has 4 heterocycles. The van der Waals surface area contributed by atoms with Crippen molar-refractivity contribution < 1.29 is 19.0 Å². The number of pyridine rings is 1. The van der Waals surface area contributed by atoms with Crippen LogP contribution in [-0.2, 0) is 16.2 Å². The molecule has 3 aromatic heterocycles. The van der Waals surface area contributed by atoms with Crippen LogP contribution in [-0.4, -0.2) is 63.2 Å². The number of hydrogen-bond donors (Lipinski definition) is 2. The zero-order chi connectivity index (χ0) is 27.4. The molecule has 2 unspecified atom stereocenters. The van der Waals surface area contributed by atoms with Gasteiger partial charge in [-0.05, 0) is 60.7 Å². The van der Waals surface area contributed by atoms with Crippen molar-refractivity contribution in [1.29, 1.82) is 0 Å². The number of nitrogens with zero attached hydrogens (tertiary/aromatic N) is 5. The third-order valence-electron chi connectivity index (χ3n) is 6.54. The molecule has 0 aliphatic carbocycles. The van der Waals surface area contributed by atoms with E-state index in [1.54, 1.807) is 12.4 Å². The second-order valence-electron chi connectivity index (χ2n) is 9.38. The van der Waals surface area contributed by atoms with Crippen LogP contribution in [0, 0.1) is 0 Å². The van der Waals surface area contributed by atoms with Gasteiger partial charge in [-0.25, -0.2) is 19.7 Å². The van der Waals surface area contributed by atoms with Crippen molar-refractivity contribution in [2.24, 2.45) is 0 Å². The number of morpholine rings is 1. The topological polar surface area (TPSA) is 114 Å². The van der Waals surface area contributed by atoms with E-state index >= 15 is 0 Å². The van der Waals surface area contributed by atoms with E-state index in [2.05, 4.69) is 48.4 Å². The third kappa shape index (κ3) is 6.19. The Morgan fingerprint density at radius 2 is 2.08 bits per heavy atom. The van der Waals surface area contributed by atoms with Gasteiger partial charge in [0.1, 0.15) is 0 Å². The molecule has 204 valence electrons. The molecule has 39 heavy (non-hydrogen) atoms. The fourth-order valence-corrected chi connectivity index (χ4v) is 5.40. The summed E-state index contributed by atoms with van der Waals surface area (Å²) >= 11 is 1.39. The van der Waals surface area contributed by atoms with Crippen LogP contribution in [0.4, 0.5) is 14.5 Å². The van der Waals surface area contributed by atoms with E-state index in [0.717, 1.165) is 59.0 Å². The standard InChI is InChI=1S/C27H30FN7O3S/c1-4-29-26(36)34-27-33-23-11-19(20-12-31-25(32-13-20)17(3)38-28)10-21(24(23)39-27)22-9-18(5-6-30-22)14-35-7-8-37-15-16(35)2/h5-6,9-13,16-17H,4,7-8,14-15H2,1-3H3,(H2,29,33,34,36). The minimum atomic E-state index is -0.861. The zero-order valence-electron chi connectivity index (χ0n) is 22.0. The second-order valence-corrected chi connectivity index (χ2v) is 10.4. The van der Waals surface area contributed by atoms with Gasteiger partial charge in [0.15, 0.2) is 17.1 Å². The Bertz CT molecular complexity index is 1450. The number of halogens is 1. The van der Waals surface area contributed by atoms with Gasteiger partial charge in [-0.3, -0.25) is 15.2 Å². The first kappa shape index (κ1) is 27.0. The number of thiazole rings is 1. The van der Waals surface area contributed by atoms with Crippen LogP contribution in [0.3, 0.4) is 0 Å². The largest absolute Gasteiger partial charge is 0.379 e. The summed E-state index contributed by atoms with van der Waals surface area (Å²) in [6.07, 6.45) is 4.22. The monoisotopic (exact) mass is 551 g/mol. The number of ether oxygens (including phenoxy) is 1. The maximum Gasteiger partial charge on any atom is 0.321 e. The Kier molecular flexibility index (Phi) is 8.36.